The standard InChI is InChI=1S/C5H5N3O3.BrH/c6-3-2(4(9)10)1-7-5(11)8-3;/h1H,(H,9,10)(H3,6,7,8,11);1H. The van der Waals surface area contributed by atoms with Gasteiger partial charge < -0.3 is 10.8 Å². The number of hydrogen-bond donors (Lipinski definition) is 3. The second-order valence-electron chi connectivity index (χ2n) is 1.82. The van der Waals surface area contributed by atoms with Crippen molar-refractivity contribution in [3.05, 3.63) is 22.2 Å². The normalized spacial score (nSPS) is 8.67. The molecule has 0 aromatic carbocycles. The van der Waals surface area contributed by atoms with Crippen molar-refractivity contribution in [3.8, 4) is 0 Å². The number of nitrogens with zero attached hydrogens (tertiary/aromatic N) is 1. The lowest BCUT2D eigenvalue weighted by atomic mass is 10.3. The molecule has 0 aliphatic rings. The number of nitrogen functional groups attached to an aromatic ring is 1. The van der Waals surface area contributed by atoms with Crippen molar-refractivity contribution in [3.63, 3.8) is 0 Å². The summed E-state index contributed by atoms with van der Waals surface area (Å²) in [5, 5.41) is 8.41. The molecular formula is C5H6BrN3O3. The van der Waals surface area contributed by atoms with E-state index in [-0.39, 0.29) is 28.4 Å². The molecular weight excluding hydrogens is 230 g/mol. The molecule has 0 aliphatic heterocycles. The van der Waals surface area contributed by atoms with Crippen molar-refractivity contribution in [1.29, 1.82) is 0 Å². The van der Waals surface area contributed by atoms with Crippen LogP contribution in [0.5, 0.6) is 0 Å². The van der Waals surface area contributed by atoms with Gasteiger partial charge in [-0.05, 0) is 0 Å². The molecule has 0 amide bonds. The number of nitrogens with one attached hydrogen (secondary N) is 1. The minimum absolute atomic E-state index is 0. The van der Waals surface area contributed by atoms with Gasteiger partial charge in [0, 0.05) is 0 Å². The molecule has 12 heavy (non-hydrogen) atoms. The Kier molecular flexibility index (Phi) is 3.42. The van der Waals surface area contributed by atoms with Crippen molar-refractivity contribution in [2.45, 2.75) is 0 Å². The van der Waals surface area contributed by atoms with E-state index in [1.165, 1.54) is 0 Å². The van der Waals surface area contributed by atoms with Gasteiger partial charge >= 0.3 is 11.7 Å². The highest BCUT2D eigenvalue weighted by molar-refractivity contribution is 8.93. The fourth-order valence-electron chi connectivity index (χ4n) is 0.578. The Morgan fingerprint density at radius 1 is 1.67 bits per heavy atom. The van der Waals surface area contributed by atoms with Crippen molar-refractivity contribution in [2.75, 3.05) is 5.73 Å². The van der Waals surface area contributed by atoms with E-state index >= 15 is 0 Å². The third kappa shape index (κ3) is 2.06. The molecule has 0 unspecified atom stereocenters. The van der Waals surface area contributed by atoms with Crippen LogP contribution in [0.25, 0.3) is 0 Å². The van der Waals surface area contributed by atoms with Crippen LogP contribution < -0.4 is 11.4 Å². The molecule has 1 heterocycles. The number of hydrogen-bond acceptors (Lipinski definition) is 4. The summed E-state index contributed by atoms with van der Waals surface area (Å²) in [6.45, 7) is 0. The average molecular weight is 236 g/mol. The molecule has 6 nitrogen and oxygen atoms in total. The second-order valence-corrected chi connectivity index (χ2v) is 1.82. The Morgan fingerprint density at radius 3 is 2.67 bits per heavy atom. The smallest absolute Gasteiger partial charge is 0.346 e. The molecule has 0 fully saturated rings. The molecule has 66 valence electrons. The van der Waals surface area contributed by atoms with Gasteiger partial charge in [0.1, 0.15) is 11.4 Å². The number of carboxylic acids is 1. The summed E-state index contributed by atoms with van der Waals surface area (Å²) >= 11 is 0. The van der Waals surface area contributed by atoms with Gasteiger partial charge in [0.05, 0.1) is 6.20 Å². The monoisotopic (exact) mass is 235 g/mol. The molecule has 0 saturated heterocycles. The predicted molar refractivity (Wildman–Crippen MR) is 46.6 cm³/mol. The number of carboxylic acid groups (broad SMARTS) is 1. The first-order chi connectivity index (χ1) is 5.11. The number of carbonyl (C=O) groups is 1. The van der Waals surface area contributed by atoms with Gasteiger partial charge in [-0.25, -0.2) is 14.6 Å². The fraction of sp³-hybridized carbons (Fsp3) is 0. The van der Waals surface area contributed by atoms with Crippen molar-refractivity contribution >= 4 is 28.8 Å². The maximum absolute atomic E-state index is 10.4. The van der Waals surface area contributed by atoms with E-state index in [9.17, 15) is 9.59 Å². The molecule has 0 saturated carbocycles. The number of anilines is 1. The molecule has 0 atom stereocenters. The van der Waals surface area contributed by atoms with E-state index in [2.05, 4.69) is 9.97 Å². The summed E-state index contributed by atoms with van der Waals surface area (Å²) in [7, 11) is 0. The quantitative estimate of drug-likeness (QED) is 0.616. The highest BCUT2D eigenvalue weighted by Crippen LogP contribution is 2.01. The third-order valence-electron chi connectivity index (χ3n) is 1.07. The van der Waals surface area contributed by atoms with Gasteiger partial charge in [0.25, 0.3) is 0 Å². The van der Waals surface area contributed by atoms with Crippen LogP contribution in [0.4, 0.5) is 5.82 Å². The fourth-order valence-corrected chi connectivity index (χ4v) is 0.578. The van der Waals surface area contributed by atoms with E-state index in [0.29, 0.717) is 0 Å². The summed E-state index contributed by atoms with van der Waals surface area (Å²) in [5.41, 5.74) is 4.28. The maximum atomic E-state index is 10.4. The van der Waals surface area contributed by atoms with Crippen LogP contribution in [-0.4, -0.2) is 21.0 Å². The average Bonchev–Trinajstić information content (AvgIpc) is 1.85. The molecule has 0 radical (unpaired) electrons. The summed E-state index contributed by atoms with van der Waals surface area (Å²) in [6.07, 6.45) is 0.913. The number of H-pyrrole nitrogens is 1. The van der Waals surface area contributed by atoms with Crippen molar-refractivity contribution in [1.82, 2.24) is 9.97 Å². The van der Waals surface area contributed by atoms with Crippen LogP contribution in [-0.2, 0) is 0 Å². The summed E-state index contributed by atoms with van der Waals surface area (Å²) in [6, 6.07) is 0. The Balaban J connectivity index is 0.00000121. The van der Waals surface area contributed by atoms with Gasteiger partial charge in [0.15, 0.2) is 0 Å². The van der Waals surface area contributed by atoms with Crippen LogP contribution in [0.2, 0.25) is 0 Å². The zero-order valence-electron chi connectivity index (χ0n) is 5.77. The van der Waals surface area contributed by atoms with Gasteiger partial charge in [-0.1, -0.05) is 0 Å². The molecule has 0 aliphatic carbocycles. The second kappa shape index (κ2) is 3.86. The number of rotatable bonds is 1. The Labute approximate surface area is 77.2 Å². The summed E-state index contributed by atoms with van der Waals surface area (Å²) < 4.78 is 0. The first-order valence-corrected chi connectivity index (χ1v) is 2.69. The summed E-state index contributed by atoms with van der Waals surface area (Å²) in [5.74, 6) is -1.40. The molecule has 0 bridgehead atoms. The molecule has 1 aromatic heterocycles. The lowest BCUT2D eigenvalue weighted by Gasteiger charge is -1.95. The number of nitrogens with two attached hydrogens (primary N) is 1. The first-order valence-electron chi connectivity index (χ1n) is 2.69. The lowest BCUT2D eigenvalue weighted by Crippen LogP contribution is -2.16. The van der Waals surface area contributed by atoms with Crippen molar-refractivity contribution in [2.24, 2.45) is 0 Å². The highest BCUT2D eigenvalue weighted by Gasteiger charge is 2.07. The lowest BCUT2D eigenvalue weighted by molar-refractivity contribution is 0.0697. The maximum Gasteiger partial charge on any atom is 0.346 e. The molecule has 1 rings (SSSR count). The van der Waals surface area contributed by atoms with Crippen molar-refractivity contribution < 1.29 is 9.90 Å². The van der Waals surface area contributed by atoms with Crippen LogP contribution >= 0.6 is 17.0 Å². The minimum atomic E-state index is -1.22. The molecule has 1 aromatic rings. The van der Waals surface area contributed by atoms with Gasteiger partial charge in [-0.3, -0.25) is 4.98 Å². The molecule has 7 heteroatoms. The van der Waals surface area contributed by atoms with E-state index in [4.69, 9.17) is 10.8 Å². The van der Waals surface area contributed by atoms with Crippen LogP contribution in [0.1, 0.15) is 10.4 Å². The van der Waals surface area contributed by atoms with E-state index in [0.717, 1.165) is 6.20 Å². The SMILES string of the molecule is Br.Nc1[nH]c(=O)ncc1C(=O)O. The summed E-state index contributed by atoms with van der Waals surface area (Å²) in [4.78, 5) is 26.0. The van der Waals surface area contributed by atoms with E-state index < -0.39 is 11.7 Å². The Morgan fingerprint density at radius 2 is 2.25 bits per heavy atom. The van der Waals surface area contributed by atoms with Crippen LogP contribution in [0.15, 0.2) is 11.0 Å². The predicted octanol–water partition coefficient (Wildman–Crippen LogP) is -0.372. The largest absolute Gasteiger partial charge is 0.478 e. The van der Waals surface area contributed by atoms with Crippen LogP contribution in [0, 0.1) is 0 Å². The van der Waals surface area contributed by atoms with E-state index in [1.54, 1.807) is 0 Å². The first kappa shape index (κ1) is 10.6. The molecule has 0 spiro atoms. The third-order valence-corrected chi connectivity index (χ3v) is 1.07. The van der Waals surface area contributed by atoms with Crippen LogP contribution in [0.3, 0.4) is 0 Å². The van der Waals surface area contributed by atoms with Gasteiger partial charge in [-0.2, -0.15) is 0 Å². The Bertz CT molecular complexity index is 348. The highest BCUT2D eigenvalue weighted by atomic mass is 79.9. The zero-order valence-corrected chi connectivity index (χ0v) is 7.49. The van der Waals surface area contributed by atoms with Gasteiger partial charge in [0.2, 0.25) is 0 Å². The van der Waals surface area contributed by atoms with E-state index in [1.807, 2.05) is 0 Å². The Hall–Kier alpha value is -1.37. The van der Waals surface area contributed by atoms with Gasteiger partial charge in [-0.15, -0.1) is 17.0 Å². The number of aromatic amines is 1. The molecule has 4 N–H and O–H groups in total. The zero-order chi connectivity index (χ0) is 8.43. The number of halogens is 1. The number of aromatic carboxylic acids is 1. The minimum Gasteiger partial charge on any atom is -0.478 e. The topological polar surface area (TPSA) is 109 Å². The number of aromatic nitrogens is 2.